The highest BCUT2D eigenvalue weighted by atomic mass is 35.5. The minimum Gasteiger partial charge on any atom is -0.349 e. The highest BCUT2D eigenvalue weighted by molar-refractivity contribution is 6.33. The number of nitro groups is 1. The number of carbonyl (C=O) groups excluding carboxylic acids is 1. The van der Waals surface area contributed by atoms with Gasteiger partial charge in [-0.1, -0.05) is 31.4 Å². The normalized spacial score (nSPS) is 22.3. The first-order valence-electron chi connectivity index (χ1n) is 6.74. The van der Waals surface area contributed by atoms with E-state index in [1.165, 1.54) is 24.6 Å². The van der Waals surface area contributed by atoms with Gasteiger partial charge in [-0.15, -0.1) is 0 Å². The summed E-state index contributed by atoms with van der Waals surface area (Å²) in [6.07, 6.45) is 4.42. The molecule has 1 aliphatic rings. The van der Waals surface area contributed by atoms with E-state index >= 15 is 0 Å². The van der Waals surface area contributed by atoms with Crippen LogP contribution in [0, 0.1) is 16.0 Å². The van der Waals surface area contributed by atoms with Crippen molar-refractivity contribution in [2.24, 2.45) is 5.92 Å². The number of nitrogens with zero attached hydrogens (tertiary/aromatic N) is 1. The lowest BCUT2D eigenvalue weighted by atomic mass is 9.86. The molecule has 2 unspecified atom stereocenters. The molecule has 6 heteroatoms. The molecule has 1 aromatic rings. The molecular weight excluding hydrogens is 280 g/mol. The van der Waals surface area contributed by atoms with Crippen LogP contribution in [0.25, 0.3) is 0 Å². The molecule has 1 aliphatic carbocycles. The van der Waals surface area contributed by atoms with Gasteiger partial charge < -0.3 is 5.32 Å². The molecule has 1 N–H and O–H groups in total. The van der Waals surface area contributed by atoms with E-state index in [4.69, 9.17) is 11.6 Å². The van der Waals surface area contributed by atoms with Crippen LogP contribution in [0.1, 0.15) is 43.0 Å². The summed E-state index contributed by atoms with van der Waals surface area (Å²) in [5, 5.41) is 13.7. The lowest BCUT2D eigenvalue weighted by molar-refractivity contribution is -0.384. The predicted octanol–water partition coefficient (Wildman–Crippen LogP) is 3.56. The summed E-state index contributed by atoms with van der Waals surface area (Å²) in [6.45, 7) is 2.13. The fourth-order valence-corrected chi connectivity index (χ4v) is 2.83. The van der Waals surface area contributed by atoms with Crippen molar-refractivity contribution in [1.82, 2.24) is 5.32 Å². The van der Waals surface area contributed by atoms with Gasteiger partial charge in [0.05, 0.1) is 4.92 Å². The van der Waals surface area contributed by atoms with Crippen LogP contribution in [-0.2, 0) is 0 Å². The van der Waals surface area contributed by atoms with Crippen molar-refractivity contribution >= 4 is 23.2 Å². The molecule has 2 rings (SSSR count). The molecule has 0 heterocycles. The maximum atomic E-state index is 12.2. The van der Waals surface area contributed by atoms with E-state index in [2.05, 4.69) is 12.2 Å². The number of amides is 1. The van der Waals surface area contributed by atoms with Gasteiger partial charge in [-0.05, 0) is 30.9 Å². The molecule has 0 aliphatic heterocycles. The first-order valence-corrected chi connectivity index (χ1v) is 7.11. The molecule has 1 aromatic carbocycles. The lowest BCUT2D eigenvalue weighted by Gasteiger charge is -2.29. The number of hydrogen-bond acceptors (Lipinski definition) is 3. The van der Waals surface area contributed by atoms with Crippen LogP contribution in [0.3, 0.4) is 0 Å². The van der Waals surface area contributed by atoms with Gasteiger partial charge in [-0.25, -0.2) is 0 Å². The first kappa shape index (κ1) is 14.8. The minimum absolute atomic E-state index is 0.0145. The first-order chi connectivity index (χ1) is 9.49. The zero-order valence-electron chi connectivity index (χ0n) is 11.3. The van der Waals surface area contributed by atoms with Crippen molar-refractivity contribution < 1.29 is 9.72 Å². The van der Waals surface area contributed by atoms with Crippen LogP contribution in [0.15, 0.2) is 18.2 Å². The summed E-state index contributed by atoms with van der Waals surface area (Å²) in [7, 11) is 0. The van der Waals surface area contributed by atoms with Gasteiger partial charge in [0.25, 0.3) is 11.6 Å². The van der Waals surface area contributed by atoms with Crippen LogP contribution < -0.4 is 5.32 Å². The van der Waals surface area contributed by atoms with Crippen molar-refractivity contribution in [3.8, 4) is 0 Å². The number of nitro benzene ring substituents is 1. The fraction of sp³-hybridized carbons (Fsp3) is 0.500. The van der Waals surface area contributed by atoms with E-state index in [-0.39, 0.29) is 22.7 Å². The van der Waals surface area contributed by atoms with Crippen LogP contribution >= 0.6 is 11.6 Å². The molecule has 0 radical (unpaired) electrons. The van der Waals surface area contributed by atoms with Crippen molar-refractivity contribution in [2.75, 3.05) is 0 Å². The second-order valence-corrected chi connectivity index (χ2v) is 5.67. The molecule has 0 bridgehead atoms. The third-order valence-corrected chi connectivity index (χ3v) is 4.14. The summed E-state index contributed by atoms with van der Waals surface area (Å²) in [5.74, 6) is 0.238. The van der Waals surface area contributed by atoms with E-state index in [9.17, 15) is 14.9 Å². The molecular formula is C14H17ClN2O3. The molecule has 108 valence electrons. The molecule has 1 saturated carbocycles. The van der Waals surface area contributed by atoms with Crippen LogP contribution in [0.5, 0.6) is 0 Å². The molecule has 1 amide bonds. The summed E-state index contributed by atoms with van der Waals surface area (Å²) < 4.78 is 0. The van der Waals surface area contributed by atoms with Crippen molar-refractivity contribution in [2.45, 2.75) is 38.6 Å². The van der Waals surface area contributed by atoms with Gasteiger partial charge in [-0.2, -0.15) is 0 Å². The summed E-state index contributed by atoms with van der Waals surface area (Å²) in [6, 6.07) is 4.22. The number of nitrogens with one attached hydrogen (secondary N) is 1. The number of halogens is 1. The molecule has 0 spiro atoms. The van der Waals surface area contributed by atoms with Gasteiger partial charge in [0.15, 0.2) is 0 Å². The van der Waals surface area contributed by atoms with E-state index in [0.717, 1.165) is 19.3 Å². The Labute approximate surface area is 122 Å². The smallest absolute Gasteiger partial charge is 0.287 e. The predicted molar refractivity (Wildman–Crippen MR) is 77.0 cm³/mol. The third-order valence-electron chi connectivity index (χ3n) is 3.83. The van der Waals surface area contributed by atoms with Gasteiger partial charge in [0, 0.05) is 17.7 Å². The molecule has 2 atom stereocenters. The van der Waals surface area contributed by atoms with Crippen LogP contribution in [0.4, 0.5) is 5.69 Å². The average molecular weight is 297 g/mol. The third kappa shape index (κ3) is 3.28. The summed E-state index contributed by atoms with van der Waals surface area (Å²) in [4.78, 5) is 22.3. The number of benzene rings is 1. The molecule has 0 aromatic heterocycles. The van der Waals surface area contributed by atoms with Crippen LogP contribution in [0.2, 0.25) is 5.02 Å². The van der Waals surface area contributed by atoms with E-state index in [1.54, 1.807) is 0 Å². The Balaban J connectivity index is 2.09. The Morgan fingerprint density at radius 2 is 2.10 bits per heavy atom. The average Bonchev–Trinajstić information content (AvgIpc) is 2.40. The van der Waals surface area contributed by atoms with Gasteiger partial charge in [0.1, 0.15) is 5.02 Å². The number of rotatable bonds is 3. The Morgan fingerprint density at radius 3 is 2.70 bits per heavy atom. The quantitative estimate of drug-likeness (QED) is 0.684. The zero-order chi connectivity index (χ0) is 14.7. The standard InChI is InChI=1S/C14H17ClN2O3/c1-9-4-2-3-5-12(9)16-14(18)10-6-7-13(17(19)20)11(15)8-10/h6-9,12H,2-5H2,1H3,(H,16,18). The van der Waals surface area contributed by atoms with Gasteiger partial charge in [0.2, 0.25) is 0 Å². The van der Waals surface area contributed by atoms with Gasteiger partial charge >= 0.3 is 0 Å². The lowest BCUT2D eigenvalue weighted by Crippen LogP contribution is -2.41. The highest BCUT2D eigenvalue weighted by Gasteiger charge is 2.24. The Kier molecular flexibility index (Phi) is 4.60. The molecule has 5 nitrogen and oxygen atoms in total. The number of carbonyl (C=O) groups is 1. The maximum Gasteiger partial charge on any atom is 0.287 e. The van der Waals surface area contributed by atoms with E-state index < -0.39 is 4.92 Å². The van der Waals surface area contributed by atoms with Gasteiger partial charge in [-0.3, -0.25) is 14.9 Å². The van der Waals surface area contributed by atoms with Crippen molar-refractivity contribution in [1.29, 1.82) is 0 Å². The maximum absolute atomic E-state index is 12.2. The van der Waals surface area contributed by atoms with E-state index in [0.29, 0.717) is 11.5 Å². The SMILES string of the molecule is CC1CCCCC1NC(=O)c1ccc([N+](=O)[O-])c(Cl)c1. The second kappa shape index (κ2) is 6.22. The number of hydrogen-bond donors (Lipinski definition) is 1. The Morgan fingerprint density at radius 1 is 1.40 bits per heavy atom. The minimum atomic E-state index is -0.562. The summed E-state index contributed by atoms with van der Waals surface area (Å²) >= 11 is 5.82. The Hall–Kier alpha value is -1.62. The van der Waals surface area contributed by atoms with Crippen molar-refractivity contribution in [3.63, 3.8) is 0 Å². The largest absolute Gasteiger partial charge is 0.349 e. The topological polar surface area (TPSA) is 72.2 Å². The van der Waals surface area contributed by atoms with E-state index in [1.807, 2.05) is 0 Å². The van der Waals surface area contributed by atoms with Crippen LogP contribution in [-0.4, -0.2) is 16.9 Å². The zero-order valence-corrected chi connectivity index (χ0v) is 12.0. The molecule has 20 heavy (non-hydrogen) atoms. The highest BCUT2D eigenvalue weighted by Crippen LogP contribution is 2.26. The molecule has 0 saturated heterocycles. The molecule has 1 fully saturated rings. The fourth-order valence-electron chi connectivity index (χ4n) is 2.58. The monoisotopic (exact) mass is 296 g/mol. The Bertz CT molecular complexity index is 533. The second-order valence-electron chi connectivity index (χ2n) is 5.26. The summed E-state index contributed by atoms with van der Waals surface area (Å²) in [5.41, 5.74) is 0.174. The van der Waals surface area contributed by atoms with Crippen molar-refractivity contribution in [3.05, 3.63) is 38.9 Å².